The fraction of sp³-hybridized carbons (Fsp3) is 0.400. The molecular formula is C20H22ClN5O4. The minimum Gasteiger partial charge on any atom is -0.493 e. The minimum absolute atomic E-state index is 0.0345. The molecule has 3 heterocycles. The van der Waals surface area contributed by atoms with E-state index in [0.717, 1.165) is 17.1 Å². The molecule has 0 aliphatic carbocycles. The number of halogens is 1. The molecule has 1 fully saturated rings. The van der Waals surface area contributed by atoms with Crippen LogP contribution < -0.4 is 4.74 Å². The van der Waals surface area contributed by atoms with E-state index in [0.29, 0.717) is 49.1 Å². The number of morpholine rings is 1. The molecular weight excluding hydrogens is 410 g/mol. The van der Waals surface area contributed by atoms with Crippen LogP contribution in [-0.2, 0) is 22.4 Å². The van der Waals surface area contributed by atoms with Gasteiger partial charge in [0, 0.05) is 23.7 Å². The Hall–Kier alpha value is -2.91. The molecule has 1 atom stereocenters. The summed E-state index contributed by atoms with van der Waals surface area (Å²) in [7, 11) is 0. The number of carbonyl (C=O) groups excluding carboxylic acids is 1. The Morgan fingerprint density at radius 2 is 2.27 bits per heavy atom. The molecule has 3 aromatic rings. The standard InChI is InChI=1S/C20H22ClN5O4/c1-13-17(25-30-24-13)11-20(27)26-6-8-29-19(12-26)18-10-15(22-23-18)5-7-28-16-4-2-3-14(21)9-16/h2-4,9-10,19H,5-8,11-12H2,1H3,(H,22,23)/t19-/m1/s1. The Morgan fingerprint density at radius 3 is 3.07 bits per heavy atom. The second-order valence-electron chi connectivity index (χ2n) is 7.05. The quantitative estimate of drug-likeness (QED) is 0.612. The highest BCUT2D eigenvalue weighted by Crippen LogP contribution is 2.22. The van der Waals surface area contributed by atoms with Gasteiger partial charge in [0.15, 0.2) is 0 Å². The molecule has 1 aliphatic heterocycles. The Kier molecular flexibility index (Phi) is 6.29. The van der Waals surface area contributed by atoms with Gasteiger partial charge in [0.25, 0.3) is 0 Å². The highest BCUT2D eigenvalue weighted by molar-refractivity contribution is 6.30. The lowest BCUT2D eigenvalue weighted by molar-refractivity contribution is -0.138. The summed E-state index contributed by atoms with van der Waals surface area (Å²) in [6.45, 7) is 3.68. The van der Waals surface area contributed by atoms with Crippen molar-refractivity contribution in [2.45, 2.75) is 25.9 Å². The first-order valence-corrected chi connectivity index (χ1v) is 10.1. The van der Waals surface area contributed by atoms with Crippen LogP contribution in [0.4, 0.5) is 0 Å². The number of hydrogen-bond acceptors (Lipinski definition) is 7. The molecule has 4 rings (SSSR count). The summed E-state index contributed by atoms with van der Waals surface area (Å²) in [6.07, 6.45) is 0.542. The van der Waals surface area contributed by atoms with Crippen LogP contribution in [0.25, 0.3) is 0 Å². The minimum atomic E-state index is -0.280. The molecule has 9 nitrogen and oxygen atoms in total. The van der Waals surface area contributed by atoms with Gasteiger partial charge in [0.1, 0.15) is 23.2 Å². The van der Waals surface area contributed by atoms with E-state index in [4.69, 9.17) is 21.1 Å². The maximum Gasteiger partial charge on any atom is 0.228 e. The predicted molar refractivity (Wildman–Crippen MR) is 107 cm³/mol. The summed E-state index contributed by atoms with van der Waals surface area (Å²) in [4.78, 5) is 14.4. The lowest BCUT2D eigenvalue weighted by Gasteiger charge is -2.32. The van der Waals surface area contributed by atoms with Crippen molar-refractivity contribution in [2.24, 2.45) is 0 Å². The molecule has 158 valence electrons. The van der Waals surface area contributed by atoms with E-state index in [1.807, 2.05) is 18.2 Å². The average molecular weight is 432 g/mol. The number of nitrogens with zero attached hydrogens (tertiary/aromatic N) is 4. The van der Waals surface area contributed by atoms with Gasteiger partial charge in [-0.1, -0.05) is 28.0 Å². The molecule has 0 radical (unpaired) electrons. The first-order valence-electron chi connectivity index (χ1n) is 9.68. The SMILES string of the molecule is Cc1nonc1CC(=O)N1CCO[C@@H](c2cc(CCOc3cccc(Cl)c3)[nH]n2)C1. The summed E-state index contributed by atoms with van der Waals surface area (Å²) in [5, 5.41) is 15.5. The highest BCUT2D eigenvalue weighted by atomic mass is 35.5. The summed E-state index contributed by atoms with van der Waals surface area (Å²) < 4.78 is 16.2. The van der Waals surface area contributed by atoms with Crippen molar-refractivity contribution >= 4 is 17.5 Å². The average Bonchev–Trinajstić information content (AvgIpc) is 3.38. The summed E-state index contributed by atoms with van der Waals surface area (Å²) in [6, 6.07) is 9.24. The molecule has 0 saturated carbocycles. The monoisotopic (exact) mass is 431 g/mol. The van der Waals surface area contributed by atoms with E-state index in [2.05, 4.69) is 25.1 Å². The van der Waals surface area contributed by atoms with Crippen molar-refractivity contribution < 1.29 is 18.9 Å². The van der Waals surface area contributed by atoms with E-state index in [-0.39, 0.29) is 18.4 Å². The van der Waals surface area contributed by atoms with Crippen LogP contribution in [0.5, 0.6) is 5.75 Å². The Labute approximate surface area is 178 Å². The zero-order chi connectivity index (χ0) is 20.9. The van der Waals surface area contributed by atoms with Gasteiger partial charge >= 0.3 is 0 Å². The third-order valence-electron chi connectivity index (χ3n) is 4.90. The van der Waals surface area contributed by atoms with Crippen LogP contribution >= 0.6 is 11.6 Å². The number of hydrogen-bond donors (Lipinski definition) is 1. The molecule has 1 saturated heterocycles. The van der Waals surface area contributed by atoms with Gasteiger partial charge in [-0.05, 0) is 31.2 Å². The maximum atomic E-state index is 12.6. The van der Waals surface area contributed by atoms with Crippen LogP contribution in [0.2, 0.25) is 5.02 Å². The van der Waals surface area contributed by atoms with E-state index < -0.39 is 0 Å². The highest BCUT2D eigenvalue weighted by Gasteiger charge is 2.28. The van der Waals surface area contributed by atoms with E-state index in [1.165, 1.54) is 0 Å². The lowest BCUT2D eigenvalue weighted by Crippen LogP contribution is -2.43. The largest absolute Gasteiger partial charge is 0.493 e. The van der Waals surface area contributed by atoms with E-state index in [9.17, 15) is 4.79 Å². The Morgan fingerprint density at radius 1 is 1.37 bits per heavy atom. The molecule has 0 unspecified atom stereocenters. The van der Waals surface area contributed by atoms with Crippen molar-refractivity contribution in [3.63, 3.8) is 0 Å². The van der Waals surface area contributed by atoms with Crippen LogP contribution in [0.3, 0.4) is 0 Å². The second kappa shape index (κ2) is 9.27. The molecule has 1 amide bonds. The summed E-state index contributed by atoms with van der Waals surface area (Å²) >= 11 is 5.96. The molecule has 1 N–H and O–H groups in total. The van der Waals surface area contributed by atoms with Crippen molar-refractivity contribution in [3.05, 3.63) is 58.1 Å². The summed E-state index contributed by atoms with van der Waals surface area (Å²) in [5.74, 6) is 0.692. The van der Waals surface area contributed by atoms with Crippen LogP contribution in [0, 0.1) is 6.92 Å². The smallest absolute Gasteiger partial charge is 0.228 e. The molecule has 2 aromatic heterocycles. The van der Waals surface area contributed by atoms with Gasteiger partial charge in [-0.15, -0.1) is 0 Å². The summed E-state index contributed by atoms with van der Waals surface area (Å²) in [5.41, 5.74) is 2.89. The van der Waals surface area contributed by atoms with Crippen molar-refractivity contribution in [1.82, 2.24) is 25.4 Å². The number of aryl methyl sites for hydroxylation is 1. The Bertz CT molecular complexity index is 1000. The third kappa shape index (κ3) is 4.98. The normalized spacial score (nSPS) is 16.6. The number of nitrogens with one attached hydrogen (secondary N) is 1. The van der Waals surface area contributed by atoms with Gasteiger partial charge in [-0.25, -0.2) is 4.63 Å². The van der Waals surface area contributed by atoms with Gasteiger partial charge in [-0.3, -0.25) is 9.89 Å². The number of aromatic nitrogens is 4. The zero-order valence-corrected chi connectivity index (χ0v) is 17.3. The maximum absolute atomic E-state index is 12.6. The third-order valence-corrected chi connectivity index (χ3v) is 5.14. The molecule has 10 heteroatoms. The number of amides is 1. The van der Waals surface area contributed by atoms with Crippen LogP contribution in [-0.4, -0.2) is 57.6 Å². The fourth-order valence-corrected chi connectivity index (χ4v) is 3.41. The fourth-order valence-electron chi connectivity index (χ4n) is 3.23. The van der Waals surface area contributed by atoms with Gasteiger partial charge in [-0.2, -0.15) is 5.10 Å². The number of aromatic amines is 1. The van der Waals surface area contributed by atoms with Gasteiger partial charge < -0.3 is 14.4 Å². The molecule has 30 heavy (non-hydrogen) atoms. The number of ether oxygens (including phenoxy) is 2. The molecule has 1 aromatic carbocycles. The van der Waals surface area contributed by atoms with Crippen LogP contribution in [0.1, 0.15) is 28.9 Å². The second-order valence-corrected chi connectivity index (χ2v) is 7.48. The van der Waals surface area contributed by atoms with Crippen molar-refractivity contribution in [2.75, 3.05) is 26.3 Å². The molecule has 0 spiro atoms. The molecule has 1 aliphatic rings. The van der Waals surface area contributed by atoms with Gasteiger partial charge in [0.05, 0.1) is 31.9 Å². The Balaban J connectivity index is 1.30. The number of H-pyrrole nitrogens is 1. The number of rotatable bonds is 7. The zero-order valence-electron chi connectivity index (χ0n) is 16.5. The number of benzene rings is 1. The van der Waals surface area contributed by atoms with E-state index in [1.54, 1.807) is 24.0 Å². The first kappa shape index (κ1) is 20.4. The van der Waals surface area contributed by atoms with Crippen molar-refractivity contribution in [1.29, 1.82) is 0 Å². The van der Waals surface area contributed by atoms with E-state index >= 15 is 0 Å². The number of carbonyl (C=O) groups is 1. The van der Waals surface area contributed by atoms with Gasteiger partial charge in [0.2, 0.25) is 5.91 Å². The lowest BCUT2D eigenvalue weighted by atomic mass is 10.1. The van der Waals surface area contributed by atoms with Crippen LogP contribution in [0.15, 0.2) is 35.0 Å². The molecule has 0 bridgehead atoms. The van der Waals surface area contributed by atoms with Crippen molar-refractivity contribution in [3.8, 4) is 5.75 Å². The predicted octanol–water partition coefficient (Wildman–Crippen LogP) is 2.52. The first-order chi connectivity index (χ1) is 14.6. The topological polar surface area (TPSA) is 106 Å².